The summed E-state index contributed by atoms with van der Waals surface area (Å²) in [5, 5.41) is 10.0. The second-order valence-electron chi connectivity index (χ2n) is 10.0. The van der Waals surface area contributed by atoms with Crippen LogP contribution in [0.4, 0.5) is 17.6 Å². The van der Waals surface area contributed by atoms with Crippen molar-refractivity contribution in [2.75, 3.05) is 26.3 Å². The van der Waals surface area contributed by atoms with E-state index in [-0.39, 0.29) is 37.5 Å². The molecule has 0 unspecified atom stereocenters. The van der Waals surface area contributed by atoms with Gasteiger partial charge in [0.25, 0.3) is 0 Å². The number of allylic oxidation sites excluding steroid dienone is 1. The lowest BCUT2D eigenvalue weighted by Gasteiger charge is -2.46. The molecule has 2 aliphatic heterocycles. The number of nitrogens with zero attached hydrogens (tertiary/aromatic N) is 2. The van der Waals surface area contributed by atoms with Gasteiger partial charge in [-0.05, 0) is 49.1 Å². The molecule has 1 saturated carbocycles. The highest BCUT2D eigenvalue weighted by molar-refractivity contribution is 6.35. The summed E-state index contributed by atoms with van der Waals surface area (Å²) in [6, 6.07) is 3.15. The molecular weight excluding hydrogens is 522 g/mol. The molecule has 3 amide bonds. The molecule has 0 radical (unpaired) electrons. The number of halogens is 4. The molecule has 3 fully saturated rings. The number of hydrogen-bond acceptors (Lipinski definition) is 6. The van der Waals surface area contributed by atoms with Crippen molar-refractivity contribution in [3.63, 3.8) is 0 Å². The smallest absolute Gasteiger partial charge is 0.403 e. The normalized spacial score (nSPS) is 23.6. The van der Waals surface area contributed by atoms with E-state index in [1.165, 1.54) is 30.0 Å². The second kappa shape index (κ2) is 10.8. The zero-order chi connectivity index (χ0) is 28.5. The third kappa shape index (κ3) is 5.54. The van der Waals surface area contributed by atoms with Crippen LogP contribution in [0.2, 0.25) is 0 Å². The van der Waals surface area contributed by atoms with Crippen LogP contribution in [-0.4, -0.2) is 72.3 Å². The summed E-state index contributed by atoms with van der Waals surface area (Å²) in [7, 11) is 0. The van der Waals surface area contributed by atoms with E-state index in [1.807, 2.05) is 0 Å². The average Bonchev–Trinajstić information content (AvgIpc) is 3.68. The Labute approximate surface area is 222 Å². The average molecular weight is 552 g/mol. The van der Waals surface area contributed by atoms with Gasteiger partial charge < -0.3 is 31.0 Å². The molecule has 1 aliphatic carbocycles. The molecule has 2 atom stereocenters. The lowest BCUT2D eigenvalue weighted by Crippen LogP contribution is -2.61. The second-order valence-corrected chi connectivity index (χ2v) is 10.0. The Morgan fingerprint density at radius 2 is 1.77 bits per heavy atom. The van der Waals surface area contributed by atoms with Crippen molar-refractivity contribution in [2.24, 2.45) is 17.1 Å². The number of piperazine rings is 1. The van der Waals surface area contributed by atoms with Crippen LogP contribution in [0.15, 0.2) is 47.8 Å². The van der Waals surface area contributed by atoms with Crippen LogP contribution >= 0.6 is 0 Å². The summed E-state index contributed by atoms with van der Waals surface area (Å²) < 4.78 is 59.8. The first-order chi connectivity index (χ1) is 18.4. The lowest BCUT2D eigenvalue weighted by molar-refractivity contribution is -0.201. The Bertz CT molecular complexity index is 1210. The maximum atomic E-state index is 13.7. The van der Waals surface area contributed by atoms with Crippen LogP contribution in [0, 0.1) is 22.6 Å². The molecule has 1 aromatic carbocycles. The number of alkyl halides is 3. The fourth-order valence-electron chi connectivity index (χ4n) is 4.80. The number of amides is 3. The Hall–Kier alpha value is -3.74. The predicted molar refractivity (Wildman–Crippen MR) is 131 cm³/mol. The van der Waals surface area contributed by atoms with E-state index >= 15 is 0 Å². The molecule has 4 N–H and O–H groups in total. The van der Waals surface area contributed by atoms with E-state index in [0.29, 0.717) is 24.4 Å². The molecule has 2 heterocycles. The van der Waals surface area contributed by atoms with E-state index in [0.717, 1.165) is 29.4 Å². The molecule has 0 spiro atoms. The summed E-state index contributed by atoms with van der Waals surface area (Å²) in [6.07, 6.45) is -1.71. The van der Waals surface area contributed by atoms with Crippen molar-refractivity contribution in [1.29, 1.82) is 5.41 Å². The van der Waals surface area contributed by atoms with Crippen LogP contribution in [0.5, 0.6) is 0 Å². The third-order valence-electron chi connectivity index (χ3n) is 7.45. The number of hydrogen-bond donors (Lipinski definition) is 3. The van der Waals surface area contributed by atoms with E-state index in [1.54, 1.807) is 0 Å². The van der Waals surface area contributed by atoms with Crippen LogP contribution in [0.1, 0.15) is 31.4 Å². The molecule has 39 heavy (non-hydrogen) atoms. The van der Waals surface area contributed by atoms with Crippen molar-refractivity contribution in [1.82, 2.24) is 15.1 Å². The number of ether oxygens (including phenoxy) is 1. The Morgan fingerprint density at radius 3 is 2.26 bits per heavy atom. The number of rotatable bonds is 6. The fourth-order valence-corrected chi connectivity index (χ4v) is 4.80. The zero-order valence-corrected chi connectivity index (χ0v) is 21.1. The fraction of sp³-hybridized carbons (Fsp3) is 0.462. The Balaban J connectivity index is 1.57. The van der Waals surface area contributed by atoms with Gasteiger partial charge in [0, 0.05) is 37.5 Å². The summed E-state index contributed by atoms with van der Waals surface area (Å²) >= 11 is 0. The lowest BCUT2D eigenvalue weighted by atomic mass is 9.96. The first-order valence-corrected chi connectivity index (χ1v) is 12.4. The van der Waals surface area contributed by atoms with Gasteiger partial charge in [-0.1, -0.05) is 12.1 Å². The first-order valence-electron chi connectivity index (χ1n) is 12.4. The van der Waals surface area contributed by atoms with E-state index in [2.05, 4.69) is 5.32 Å². The molecular formula is C26H29F4N5O4. The van der Waals surface area contributed by atoms with Gasteiger partial charge in [0.15, 0.2) is 0 Å². The van der Waals surface area contributed by atoms with Gasteiger partial charge in [0.2, 0.25) is 5.91 Å². The van der Waals surface area contributed by atoms with Crippen LogP contribution in [0.3, 0.4) is 0 Å². The Morgan fingerprint density at radius 1 is 1.13 bits per heavy atom. The first kappa shape index (κ1) is 28.3. The van der Waals surface area contributed by atoms with Crippen molar-refractivity contribution >= 4 is 23.9 Å². The predicted octanol–water partition coefficient (Wildman–Crippen LogP) is 2.41. The number of carbonyl (C=O) groups excluding carboxylic acids is 3. The van der Waals surface area contributed by atoms with Gasteiger partial charge in [-0.25, -0.2) is 4.39 Å². The van der Waals surface area contributed by atoms with Gasteiger partial charge >= 0.3 is 18.0 Å². The quantitative estimate of drug-likeness (QED) is 0.217. The standard InChI is InChI=1S/C26H29F4N5O4/c1-15-11-35(23(37)22(36)33-20(10-32)8-17(9-31)18-13-39-14-18)21(16-2-4-19(27)5-3-16)12-34(15)24(38)25(6-7-25)26(28,29)30/h2-5,8-10,15,18,21,31H,6-7,11-14,32H2,1H3,(H,33,36)/b17-8+,20-10+,31-9?/t15-,21-/m1/s1. The van der Waals surface area contributed by atoms with Gasteiger partial charge in [-0.2, -0.15) is 13.2 Å². The largest absolute Gasteiger partial charge is 0.403 e. The van der Waals surface area contributed by atoms with Crippen molar-refractivity contribution in [3.8, 4) is 0 Å². The van der Waals surface area contributed by atoms with Crippen LogP contribution in [-0.2, 0) is 19.1 Å². The third-order valence-corrected chi connectivity index (χ3v) is 7.45. The minimum Gasteiger partial charge on any atom is -0.403 e. The van der Waals surface area contributed by atoms with Gasteiger partial charge in [-0.15, -0.1) is 0 Å². The van der Waals surface area contributed by atoms with Crippen LogP contribution in [0.25, 0.3) is 0 Å². The van der Waals surface area contributed by atoms with E-state index in [9.17, 15) is 31.9 Å². The highest BCUT2D eigenvalue weighted by Gasteiger charge is 2.70. The van der Waals surface area contributed by atoms with Crippen molar-refractivity contribution in [3.05, 3.63) is 59.2 Å². The monoisotopic (exact) mass is 551 g/mol. The summed E-state index contributed by atoms with van der Waals surface area (Å²) in [4.78, 5) is 41.7. The number of nitrogens with one attached hydrogen (secondary N) is 2. The van der Waals surface area contributed by atoms with Crippen LogP contribution < -0.4 is 11.1 Å². The zero-order valence-electron chi connectivity index (χ0n) is 21.1. The van der Waals surface area contributed by atoms with Gasteiger partial charge in [0.05, 0.1) is 25.0 Å². The number of nitrogens with two attached hydrogens (primary N) is 1. The molecule has 2 saturated heterocycles. The maximum absolute atomic E-state index is 13.7. The van der Waals surface area contributed by atoms with Crippen molar-refractivity contribution < 1.29 is 36.7 Å². The van der Waals surface area contributed by atoms with Gasteiger partial charge in [0.1, 0.15) is 11.2 Å². The SMILES string of the molecule is C[C@@H]1CN(C(=O)C(=O)NC(/C=C(\C=N)C2COC2)=C/N)[C@@H](c2ccc(F)cc2)CN1C(=O)C1(C(F)(F)F)CC1. The summed E-state index contributed by atoms with van der Waals surface area (Å²) in [5.74, 6) is -3.75. The molecule has 3 aliphatic rings. The molecule has 0 aromatic heterocycles. The number of benzene rings is 1. The number of carbonyl (C=O) groups is 3. The topological polar surface area (TPSA) is 129 Å². The molecule has 13 heteroatoms. The highest BCUT2D eigenvalue weighted by atomic mass is 19.4. The van der Waals surface area contributed by atoms with Gasteiger partial charge in [-0.3, -0.25) is 14.4 Å². The highest BCUT2D eigenvalue weighted by Crippen LogP contribution is 2.59. The maximum Gasteiger partial charge on any atom is 0.403 e. The van der Waals surface area contributed by atoms with E-state index < -0.39 is 47.2 Å². The van der Waals surface area contributed by atoms with Crippen molar-refractivity contribution in [2.45, 2.75) is 38.0 Å². The molecule has 9 nitrogen and oxygen atoms in total. The Kier molecular flexibility index (Phi) is 7.82. The molecule has 1 aromatic rings. The molecule has 0 bridgehead atoms. The molecule has 4 rings (SSSR count). The minimum atomic E-state index is -4.71. The minimum absolute atomic E-state index is 0.0502. The summed E-state index contributed by atoms with van der Waals surface area (Å²) in [6.45, 7) is 1.79. The molecule has 210 valence electrons. The van der Waals surface area contributed by atoms with E-state index in [4.69, 9.17) is 15.9 Å². The summed E-state index contributed by atoms with van der Waals surface area (Å²) in [5.41, 5.74) is 4.14.